The van der Waals surface area contributed by atoms with Gasteiger partial charge in [0.1, 0.15) is 11.3 Å². The Hall–Kier alpha value is -3.65. The first-order chi connectivity index (χ1) is 16.1. The number of aromatic nitrogens is 3. The van der Waals surface area contributed by atoms with E-state index >= 15 is 0 Å². The van der Waals surface area contributed by atoms with Gasteiger partial charge in [0, 0.05) is 31.7 Å². The molecule has 4 aromatic rings. The van der Waals surface area contributed by atoms with Crippen molar-refractivity contribution in [1.29, 1.82) is 0 Å². The highest BCUT2D eigenvalue weighted by Gasteiger charge is 2.22. The number of nitrogens with zero attached hydrogens (tertiary/aromatic N) is 5. The fraction of sp³-hybridized carbons (Fsp3) is 0.320. The minimum atomic E-state index is -0.149. The fourth-order valence-corrected chi connectivity index (χ4v) is 4.52. The molecule has 5 rings (SSSR count). The van der Waals surface area contributed by atoms with Gasteiger partial charge in [0.05, 0.1) is 30.9 Å². The van der Waals surface area contributed by atoms with E-state index in [1.165, 1.54) is 0 Å². The molecule has 0 unspecified atom stereocenters. The van der Waals surface area contributed by atoms with Gasteiger partial charge >= 0.3 is 0 Å². The SMILES string of the molecule is CCN1CCN(C(=O)c2ccc3c(c2)n(Cc2cccc(OC)c2)c(=O)c2ccnn23)CC1. The summed E-state index contributed by atoms with van der Waals surface area (Å²) in [7, 11) is 1.62. The van der Waals surface area contributed by atoms with E-state index < -0.39 is 0 Å². The highest BCUT2D eigenvalue weighted by molar-refractivity contribution is 5.97. The molecule has 1 amide bonds. The van der Waals surface area contributed by atoms with Crippen LogP contribution >= 0.6 is 0 Å². The molecule has 0 radical (unpaired) electrons. The van der Waals surface area contributed by atoms with Crippen LogP contribution in [0.1, 0.15) is 22.8 Å². The molecule has 0 atom stereocenters. The van der Waals surface area contributed by atoms with E-state index in [9.17, 15) is 9.59 Å². The van der Waals surface area contributed by atoms with E-state index in [-0.39, 0.29) is 11.5 Å². The second-order valence-electron chi connectivity index (χ2n) is 8.30. The molecule has 1 fully saturated rings. The summed E-state index contributed by atoms with van der Waals surface area (Å²) in [6.45, 7) is 6.67. The summed E-state index contributed by atoms with van der Waals surface area (Å²) in [5.41, 5.74) is 3.33. The minimum absolute atomic E-state index is 0.00593. The van der Waals surface area contributed by atoms with Gasteiger partial charge in [-0.1, -0.05) is 19.1 Å². The molecule has 2 aromatic heterocycles. The Labute approximate surface area is 191 Å². The minimum Gasteiger partial charge on any atom is -0.497 e. The molecule has 3 heterocycles. The Balaban J connectivity index is 1.59. The molecular weight excluding hydrogens is 418 g/mol. The summed E-state index contributed by atoms with van der Waals surface area (Å²) in [6, 6.07) is 14.9. The molecule has 170 valence electrons. The lowest BCUT2D eigenvalue weighted by Gasteiger charge is -2.34. The number of hydrogen-bond acceptors (Lipinski definition) is 5. The lowest BCUT2D eigenvalue weighted by Crippen LogP contribution is -2.48. The number of hydrogen-bond donors (Lipinski definition) is 0. The molecule has 1 aliphatic heterocycles. The van der Waals surface area contributed by atoms with Crippen LogP contribution in [-0.4, -0.2) is 69.7 Å². The van der Waals surface area contributed by atoms with Crippen molar-refractivity contribution in [2.75, 3.05) is 39.8 Å². The number of methoxy groups -OCH3 is 1. The first-order valence-electron chi connectivity index (χ1n) is 11.2. The second-order valence-corrected chi connectivity index (χ2v) is 8.30. The topological polar surface area (TPSA) is 72.1 Å². The Kier molecular flexibility index (Phi) is 5.60. The summed E-state index contributed by atoms with van der Waals surface area (Å²) in [6.07, 6.45) is 1.62. The van der Waals surface area contributed by atoms with Gasteiger partial charge in [-0.2, -0.15) is 5.10 Å². The van der Waals surface area contributed by atoms with Crippen molar-refractivity contribution in [1.82, 2.24) is 24.0 Å². The van der Waals surface area contributed by atoms with Crippen LogP contribution in [0.15, 0.2) is 59.5 Å². The number of piperazine rings is 1. The molecule has 8 heteroatoms. The standard InChI is InChI=1S/C25H27N5O3/c1-3-27-11-13-28(14-12-27)24(31)19-7-8-21-23(16-19)29(25(32)22-9-10-26-30(21)22)17-18-5-4-6-20(15-18)33-2/h4-10,15-16H,3,11-14,17H2,1-2H3. The third kappa shape index (κ3) is 3.87. The van der Waals surface area contributed by atoms with Gasteiger partial charge < -0.3 is 19.1 Å². The lowest BCUT2D eigenvalue weighted by molar-refractivity contribution is 0.0643. The average Bonchev–Trinajstić information content (AvgIpc) is 3.36. The molecular formula is C25H27N5O3. The quantitative estimate of drug-likeness (QED) is 0.472. The lowest BCUT2D eigenvalue weighted by atomic mass is 10.1. The van der Waals surface area contributed by atoms with Gasteiger partial charge in [-0.25, -0.2) is 4.52 Å². The maximum absolute atomic E-state index is 13.4. The van der Waals surface area contributed by atoms with Crippen LogP contribution in [0.3, 0.4) is 0 Å². The molecule has 1 saturated heterocycles. The fourth-order valence-electron chi connectivity index (χ4n) is 4.52. The normalized spacial score (nSPS) is 14.8. The molecule has 0 N–H and O–H groups in total. The highest BCUT2D eigenvalue weighted by Crippen LogP contribution is 2.20. The number of benzene rings is 2. The van der Waals surface area contributed by atoms with Crippen LogP contribution in [0.25, 0.3) is 16.6 Å². The first-order valence-corrected chi connectivity index (χ1v) is 11.2. The van der Waals surface area contributed by atoms with Crippen molar-refractivity contribution in [2.24, 2.45) is 0 Å². The van der Waals surface area contributed by atoms with Crippen LogP contribution in [-0.2, 0) is 6.54 Å². The number of ether oxygens (including phenoxy) is 1. The van der Waals surface area contributed by atoms with Gasteiger partial charge in [0.25, 0.3) is 11.5 Å². The van der Waals surface area contributed by atoms with Crippen molar-refractivity contribution in [3.63, 3.8) is 0 Å². The van der Waals surface area contributed by atoms with Gasteiger partial charge in [-0.15, -0.1) is 0 Å². The molecule has 0 aliphatic carbocycles. The maximum Gasteiger partial charge on any atom is 0.277 e. The Morgan fingerprint density at radius 1 is 1.00 bits per heavy atom. The summed E-state index contributed by atoms with van der Waals surface area (Å²) >= 11 is 0. The Bertz CT molecular complexity index is 1380. The zero-order valence-electron chi connectivity index (χ0n) is 18.9. The molecule has 33 heavy (non-hydrogen) atoms. The second kappa shape index (κ2) is 8.71. The third-order valence-corrected chi connectivity index (χ3v) is 6.43. The van der Waals surface area contributed by atoms with Gasteiger partial charge in [-0.3, -0.25) is 9.59 Å². The van der Waals surface area contributed by atoms with Gasteiger partial charge in [0.2, 0.25) is 0 Å². The van der Waals surface area contributed by atoms with Crippen molar-refractivity contribution >= 4 is 22.5 Å². The van der Waals surface area contributed by atoms with E-state index in [1.54, 1.807) is 28.5 Å². The van der Waals surface area contributed by atoms with E-state index in [2.05, 4.69) is 16.9 Å². The molecule has 0 spiro atoms. The molecule has 0 bridgehead atoms. The average molecular weight is 446 g/mol. The van der Waals surface area contributed by atoms with E-state index in [4.69, 9.17) is 4.74 Å². The van der Waals surface area contributed by atoms with Gasteiger partial charge in [-0.05, 0) is 48.5 Å². The number of amides is 1. The highest BCUT2D eigenvalue weighted by atomic mass is 16.5. The smallest absolute Gasteiger partial charge is 0.277 e. The molecule has 0 saturated carbocycles. The third-order valence-electron chi connectivity index (χ3n) is 6.43. The van der Waals surface area contributed by atoms with Crippen molar-refractivity contribution < 1.29 is 9.53 Å². The molecule has 1 aliphatic rings. The van der Waals surface area contributed by atoms with Gasteiger partial charge in [0.15, 0.2) is 0 Å². The first kappa shape index (κ1) is 21.2. The van der Waals surface area contributed by atoms with Crippen molar-refractivity contribution in [3.8, 4) is 5.75 Å². The van der Waals surface area contributed by atoms with E-state index in [0.29, 0.717) is 36.2 Å². The van der Waals surface area contributed by atoms with Crippen molar-refractivity contribution in [3.05, 3.63) is 76.2 Å². The Morgan fingerprint density at radius 2 is 1.82 bits per heavy atom. The van der Waals surface area contributed by atoms with E-state index in [1.807, 2.05) is 47.4 Å². The van der Waals surface area contributed by atoms with Crippen LogP contribution in [0.2, 0.25) is 0 Å². The number of carbonyl (C=O) groups is 1. The molecule has 8 nitrogen and oxygen atoms in total. The summed E-state index contributed by atoms with van der Waals surface area (Å²) in [5, 5.41) is 4.35. The Morgan fingerprint density at radius 3 is 2.58 bits per heavy atom. The van der Waals surface area contributed by atoms with Crippen LogP contribution in [0.5, 0.6) is 5.75 Å². The zero-order valence-corrected chi connectivity index (χ0v) is 18.9. The summed E-state index contributed by atoms with van der Waals surface area (Å²) in [4.78, 5) is 30.9. The number of likely N-dealkylation sites (N-methyl/N-ethyl adjacent to an activating group) is 1. The molecule has 2 aromatic carbocycles. The monoisotopic (exact) mass is 445 g/mol. The van der Waals surface area contributed by atoms with Crippen LogP contribution in [0.4, 0.5) is 0 Å². The van der Waals surface area contributed by atoms with Crippen molar-refractivity contribution in [2.45, 2.75) is 13.5 Å². The van der Waals surface area contributed by atoms with Crippen LogP contribution in [0, 0.1) is 0 Å². The summed E-state index contributed by atoms with van der Waals surface area (Å²) < 4.78 is 8.71. The zero-order chi connectivity index (χ0) is 22.9. The largest absolute Gasteiger partial charge is 0.497 e. The predicted octanol–water partition coefficient (Wildman–Crippen LogP) is 2.48. The number of fused-ring (bicyclic) bond motifs is 3. The number of rotatable bonds is 5. The summed E-state index contributed by atoms with van der Waals surface area (Å²) in [5.74, 6) is 0.728. The predicted molar refractivity (Wildman–Crippen MR) is 127 cm³/mol. The maximum atomic E-state index is 13.4. The number of carbonyl (C=O) groups excluding carboxylic acids is 1. The van der Waals surface area contributed by atoms with E-state index in [0.717, 1.165) is 36.5 Å². The van der Waals surface area contributed by atoms with Crippen LogP contribution < -0.4 is 10.3 Å².